The Morgan fingerprint density at radius 3 is 2.74 bits per heavy atom. The van der Waals surface area contributed by atoms with E-state index in [4.69, 9.17) is 5.26 Å². The number of hydrogen-bond donors (Lipinski definition) is 0. The minimum absolute atomic E-state index is 0.286. The van der Waals surface area contributed by atoms with Gasteiger partial charge in [-0.3, -0.25) is 9.69 Å². The van der Waals surface area contributed by atoms with E-state index in [2.05, 4.69) is 21.9 Å². The van der Waals surface area contributed by atoms with Crippen molar-refractivity contribution in [3.05, 3.63) is 35.4 Å². The number of rotatable bonds is 3. The van der Waals surface area contributed by atoms with Crippen LogP contribution in [0.4, 0.5) is 0 Å². The maximum absolute atomic E-state index is 12.6. The van der Waals surface area contributed by atoms with Crippen LogP contribution in [0.15, 0.2) is 24.3 Å². The van der Waals surface area contributed by atoms with Gasteiger partial charge in [-0.25, -0.2) is 0 Å². The highest BCUT2D eigenvalue weighted by Crippen LogP contribution is 2.27. The standard InChI is InChI=1S/C19H25N3O/c20-14-16-5-3-6-17(13-16)15-21-9-4-10-22(12-11-21)19(23)18-7-1-2-8-18/h3,5-6,13,18H,1-2,4,7-12,15H2. The van der Waals surface area contributed by atoms with Crippen molar-refractivity contribution in [3.8, 4) is 6.07 Å². The van der Waals surface area contributed by atoms with Crippen LogP contribution in [0.5, 0.6) is 0 Å². The van der Waals surface area contributed by atoms with Gasteiger partial charge in [-0.05, 0) is 37.0 Å². The average Bonchev–Trinajstić information content (AvgIpc) is 3.02. The van der Waals surface area contributed by atoms with E-state index < -0.39 is 0 Å². The van der Waals surface area contributed by atoms with Crippen molar-refractivity contribution in [2.75, 3.05) is 26.2 Å². The normalized spacial score (nSPS) is 20.2. The van der Waals surface area contributed by atoms with Gasteiger partial charge in [-0.2, -0.15) is 5.26 Å². The minimum atomic E-state index is 0.286. The molecule has 0 aromatic heterocycles. The van der Waals surface area contributed by atoms with E-state index in [1.165, 1.54) is 18.4 Å². The molecule has 0 unspecified atom stereocenters. The lowest BCUT2D eigenvalue weighted by Gasteiger charge is -2.24. The smallest absolute Gasteiger partial charge is 0.225 e. The van der Waals surface area contributed by atoms with Gasteiger partial charge in [0.25, 0.3) is 0 Å². The molecule has 0 radical (unpaired) electrons. The van der Waals surface area contributed by atoms with E-state index in [0.717, 1.165) is 57.5 Å². The Morgan fingerprint density at radius 1 is 1.13 bits per heavy atom. The summed E-state index contributed by atoms with van der Waals surface area (Å²) in [5.41, 5.74) is 1.90. The molecule has 1 aliphatic carbocycles. The molecule has 0 N–H and O–H groups in total. The Kier molecular flexibility index (Phi) is 5.30. The zero-order chi connectivity index (χ0) is 16.1. The second-order valence-electron chi connectivity index (χ2n) is 6.75. The second-order valence-corrected chi connectivity index (χ2v) is 6.75. The Balaban J connectivity index is 1.55. The first-order valence-electron chi connectivity index (χ1n) is 8.76. The number of nitrogens with zero attached hydrogens (tertiary/aromatic N) is 3. The summed E-state index contributed by atoms with van der Waals surface area (Å²) >= 11 is 0. The van der Waals surface area contributed by atoms with Crippen LogP contribution in [0.25, 0.3) is 0 Å². The fraction of sp³-hybridized carbons (Fsp3) is 0.579. The van der Waals surface area contributed by atoms with Crippen molar-refractivity contribution in [1.82, 2.24) is 9.80 Å². The molecule has 1 saturated heterocycles. The topological polar surface area (TPSA) is 47.3 Å². The van der Waals surface area contributed by atoms with Crippen molar-refractivity contribution in [2.24, 2.45) is 5.92 Å². The van der Waals surface area contributed by atoms with Gasteiger partial charge in [0.05, 0.1) is 11.6 Å². The first-order chi connectivity index (χ1) is 11.3. The molecule has 4 heteroatoms. The first-order valence-corrected chi connectivity index (χ1v) is 8.76. The van der Waals surface area contributed by atoms with Gasteiger partial charge in [0, 0.05) is 38.6 Å². The van der Waals surface area contributed by atoms with E-state index in [9.17, 15) is 4.79 Å². The molecule has 0 atom stereocenters. The lowest BCUT2D eigenvalue weighted by molar-refractivity contribution is -0.135. The number of carbonyl (C=O) groups is 1. The maximum atomic E-state index is 12.6. The minimum Gasteiger partial charge on any atom is -0.341 e. The van der Waals surface area contributed by atoms with Crippen LogP contribution < -0.4 is 0 Å². The third-order valence-electron chi connectivity index (χ3n) is 5.07. The summed E-state index contributed by atoms with van der Waals surface area (Å²) in [6.45, 7) is 4.54. The zero-order valence-electron chi connectivity index (χ0n) is 13.7. The summed E-state index contributed by atoms with van der Waals surface area (Å²) in [6, 6.07) is 10.0. The van der Waals surface area contributed by atoms with Gasteiger partial charge in [-0.15, -0.1) is 0 Å². The number of carbonyl (C=O) groups excluding carboxylic acids is 1. The van der Waals surface area contributed by atoms with Crippen molar-refractivity contribution in [2.45, 2.75) is 38.6 Å². The van der Waals surface area contributed by atoms with Crippen molar-refractivity contribution < 1.29 is 4.79 Å². The Hall–Kier alpha value is -1.86. The summed E-state index contributed by atoms with van der Waals surface area (Å²) < 4.78 is 0. The molecule has 3 rings (SSSR count). The van der Waals surface area contributed by atoms with Gasteiger partial charge >= 0.3 is 0 Å². The Bertz CT molecular complexity index is 587. The summed E-state index contributed by atoms with van der Waals surface area (Å²) in [5.74, 6) is 0.671. The van der Waals surface area contributed by atoms with E-state index in [1.807, 2.05) is 18.2 Å². The van der Waals surface area contributed by atoms with Gasteiger partial charge in [0.15, 0.2) is 0 Å². The van der Waals surface area contributed by atoms with Crippen LogP contribution in [-0.4, -0.2) is 41.9 Å². The van der Waals surface area contributed by atoms with Crippen LogP contribution in [0.3, 0.4) is 0 Å². The van der Waals surface area contributed by atoms with Crippen LogP contribution >= 0.6 is 0 Å². The zero-order valence-corrected chi connectivity index (χ0v) is 13.7. The fourth-order valence-electron chi connectivity index (χ4n) is 3.78. The van der Waals surface area contributed by atoms with Crippen molar-refractivity contribution >= 4 is 5.91 Å². The Labute approximate surface area is 138 Å². The summed E-state index contributed by atoms with van der Waals surface area (Å²) in [4.78, 5) is 17.1. The molecule has 1 aromatic rings. The highest BCUT2D eigenvalue weighted by Gasteiger charge is 2.28. The number of amides is 1. The molecule has 1 saturated carbocycles. The van der Waals surface area contributed by atoms with Crippen molar-refractivity contribution in [3.63, 3.8) is 0 Å². The van der Waals surface area contributed by atoms with Gasteiger partial charge < -0.3 is 4.90 Å². The predicted molar refractivity (Wildman–Crippen MR) is 89.6 cm³/mol. The molecular formula is C19H25N3O. The van der Waals surface area contributed by atoms with E-state index in [-0.39, 0.29) is 5.92 Å². The molecule has 1 heterocycles. The monoisotopic (exact) mass is 311 g/mol. The van der Waals surface area contributed by atoms with Crippen LogP contribution in [0, 0.1) is 17.2 Å². The second kappa shape index (κ2) is 7.61. The van der Waals surface area contributed by atoms with E-state index >= 15 is 0 Å². The summed E-state index contributed by atoms with van der Waals surface area (Å²) in [7, 11) is 0. The van der Waals surface area contributed by atoms with Gasteiger partial charge in [0.1, 0.15) is 0 Å². The lowest BCUT2D eigenvalue weighted by atomic mass is 10.1. The molecular weight excluding hydrogens is 286 g/mol. The highest BCUT2D eigenvalue weighted by molar-refractivity contribution is 5.79. The molecule has 2 fully saturated rings. The van der Waals surface area contributed by atoms with E-state index in [1.54, 1.807) is 0 Å². The van der Waals surface area contributed by atoms with Crippen molar-refractivity contribution in [1.29, 1.82) is 5.26 Å². The Morgan fingerprint density at radius 2 is 1.96 bits per heavy atom. The molecule has 2 aliphatic rings. The fourth-order valence-corrected chi connectivity index (χ4v) is 3.78. The maximum Gasteiger partial charge on any atom is 0.225 e. The molecule has 23 heavy (non-hydrogen) atoms. The van der Waals surface area contributed by atoms with E-state index in [0.29, 0.717) is 5.91 Å². The molecule has 0 spiro atoms. The van der Waals surface area contributed by atoms with Gasteiger partial charge in [-0.1, -0.05) is 25.0 Å². The molecule has 0 bridgehead atoms. The number of benzene rings is 1. The third kappa shape index (κ3) is 4.11. The van der Waals surface area contributed by atoms with Crippen LogP contribution in [-0.2, 0) is 11.3 Å². The van der Waals surface area contributed by atoms with Gasteiger partial charge in [0.2, 0.25) is 5.91 Å². The van der Waals surface area contributed by atoms with Crippen LogP contribution in [0.1, 0.15) is 43.2 Å². The highest BCUT2D eigenvalue weighted by atomic mass is 16.2. The molecule has 4 nitrogen and oxygen atoms in total. The molecule has 122 valence electrons. The van der Waals surface area contributed by atoms with Crippen LogP contribution in [0.2, 0.25) is 0 Å². The number of hydrogen-bond acceptors (Lipinski definition) is 3. The summed E-state index contributed by atoms with van der Waals surface area (Å²) in [6.07, 6.45) is 5.63. The largest absolute Gasteiger partial charge is 0.341 e. The first kappa shape index (κ1) is 16.0. The molecule has 1 aliphatic heterocycles. The third-order valence-corrected chi connectivity index (χ3v) is 5.07. The lowest BCUT2D eigenvalue weighted by Crippen LogP contribution is -2.38. The predicted octanol–water partition coefficient (Wildman–Crippen LogP) is 2.78. The SMILES string of the molecule is N#Cc1cccc(CN2CCCN(C(=O)C3CCCC3)CC2)c1. The average molecular weight is 311 g/mol. The quantitative estimate of drug-likeness (QED) is 0.862. The molecule has 1 amide bonds. The number of nitriles is 1. The molecule has 1 aromatic carbocycles. The summed E-state index contributed by atoms with van der Waals surface area (Å²) in [5, 5.41) is 9.00.